The Morgan fingerprint density at radius 3 is 1.96 bits per heavy atom. The van der Waals surface area contributed by atoms with E-state index in [2.05, 4.69) is 174 Å². The molecule has 2 heterocycles. The first-order valence-electron chi connectivity index (χ1n) is 16.9. The van der Waals surface area contributed by atoms with E-state index in [4.69, 9.17) is 4.42 Å². The highest BCUT2D eigenvalue weighted by Crippen LogP contribution is 2.42. The van der Waals surface area contributed by atoms with Crippen LogP contribution in [0.25, 0.3) is 76.5 Å². The Kier molecular flexibility index (Phi) is 6.49. The van der Waals surface area contributed by atoms with E-state index in [0.717, 1.165) is 60.5 Å². The zero-order valence-electron chi connectivity index (χ0n) is 27.1. The van der Waals surface area contributed by atoms with Crippen molar-refractivity contribution in [2.24, 2.45) is 0 Å². The first kappa shape index (κ1) is 28.3. The van der Waals surface area contributed by atoms with E-state index in [0.29, 0.717) is 0 Å². The summed E-state index contributed by atoms with van der Waals surface area (Å²) in [6, 6.07) is 61.1. The van der Waals surface area contributed by atoms with E-state index in [1.807, 2.05) is 12.3 Å². The Morgan fingerprint density at radius 1 is 0.400 bits per heavy atom. The lowest BCUT2D eigenvalue weighted by molar-refractivity contribution is 0.671. The number of hydrogen-bond acceptors (Lipinski definition) is 3. The molecule has 0 aliphatic heterocycles. The van der Waals surface area contributed by atoms with Crippen molar-refractivity contribution in [2.75, 3.05) is 4.90 Å². The minimum Gasteiger partial charge on any atom is -0.454 e. The molecule has 0 radical (unpaired) electrons. The Balaban J connectivity index is 1.17. The summed E-state index contributed by atoms with van der Waals surface area (Å²) in [5.41, 5.74) is 9.68. The fourth-order valence-corrected chi connectivity index (χ4v) is 7.43. The molecular formula is C47H30N2O. The highest BCUT2D eigenvalue weighted by Gasteiger charge is 2.17. The maximum atomic E-state index is 6.51. The number of hydrogen-bond donors (Lipinski definition) is 0. The Hall–Kier alpha value is -6.71. The third-order valence-corrected chi connectivity index (χ3v) is 9.90. The third-order valence-electron chi connectivity index (χ3n) is 9.90. The lowest BCUT2D eigenvalue weighted by atomic mass is 9.98. The van der Waals surface area contributed by atoms with Gasteiger partial charge in [0.15, 0.2) is 5.58 Å². The second kappa shape index (κ2) is 11.5. The summed E-state index contributed by atoms with van der Waals surface area (Å²) in [6.45, 7) is 0. The van der Waals surface area contributed by atoms with Gasteiger partial charge in [0.1, 0.15) is 5.58 Å². The smallest absolute Gasteiger partial charge is 0.153 e. The van der Waals surface area contributed by atoms with Gasteiger partial charge >= 0.3 is 0 Å². The first-order valence-corrected chi connectivity index (χ1v) is 16.9. The van der Waals surface area contributed by atoms with E-state index in [9.17, 15) is 0 Å². The molecule has 0 spiro atoms. The van der Waals surface area contributed by atoms with Gasteiger partial charge in [-0.05, 0) is 104 Å². The van der Waals surface area contributed by atoms with Crippen molar-refractivity contribution < 1.29 is 4.42 Å². The van der Waals surface area contributed by atoms with Crippen LogP contribution < -0.4 is 4.90 Å². The van der Waals surface area contributed by atoms with Crippen LogP contribution >= 0.6 is 0 Å². The number of aromatic nitrogens is 1. The standard InChI is InChI=1S/C47H30N2O/c1-2-7-31(8-3-1)37-11-6-12-40(28-37)49(39-21-17-33(18-22-39)38-16-13-32-9-4-5-10-36(32)27-38)41-23-19-34-14-15-35-20-24-43-42-25-26-48-30-45(42)50-47(43)46(35)44(34)29-41/h1-30H. The van der Waals surface area contributed by atoms with Crippen LogP contribution in [0.2, 0.25) is 0 Å². The van der Waals surface area contributed by atoms with Crippen LogP contribution in [0.1, 0.15) is 0 Å². The second-order valence-corrected chi connectivity index (χ2v) is 12.8. The molecule has 0 amide bonds. The Bertz CT molecular complexity index is 2870. The summed E-state index contributed by atoms with van der Waals surface area (Å²) in [6.07, 6.45) is 3.64. The largest absolute Gasteiger partial charge is 0.454 e. The van der Waals surface area contributed by atoms with Gasteiger partial charge in [-0.25, -0.2) is 0 Å². The van der Waals surface area contributed by atoms with Crippen molar-refractivity contribution in [3.8, 4) is 22.3 Å². The van der Waals surface area contributed by atoms with E-state index in [-0.39, 0.29) is 0 Å². The van der Waals surface area contributed by atoms with E-state index >= 15 is 0 Å². The summed E-state index contributed by atoms with van der Waals surface area (Å²) in [4.78, 5) is 6.68. The molecule has 234 valence electrons. The van der Waals surface area contributed by atoms with Crippen molar-refractivity contribution in [3.63, 3.8) is 0 Å². The third kappa shape index (κ3) is 4.71. The highest BCUT2D eigenvalue weighted by atomic mass is 16.3. The number of furan rings is 1. The molecular weight excluding hydrogens is 609 g/mol. The summed E-state index contributed by atoms with van der Waals surface area (Å²) >= 11 is 0. The average molecular weight is 639 g/mol. The van der Waals surface area contributed by atoms with Crippen molar-refractivity contribution in [1.29, 1.82) is 0 Å². The SMILES string of the molecule is c1ccc(-c2cccc(N(c3ccc(-c4ccc5ccccc5c4)cc3)c3ccc4ccc5ccc6c7ccncc7oc6c5c4c3)c2)cc1. The topological polar surface area (TPSA) is 29.3 Å². The number of fused-ring (bicyclic) bond motifs is 8. The van der Waals surface area contributed by atoms with Gasteiger partial charge in [-0.2, -0.15) is 0 Å². The predicted molar refractivity (Wildman–Crippen MR) is 210 cm³/mol. The molecule has 0 unspecified atom stereocenters. The number of nitrogens with zero attached hydrogens (tertiary/aromatic N) is 2. The van der Waals surface area contributed by atoms with E-state index in [1.165, 1.54) is 33.0 Å². The molecule has 0 fully saturated rings. The van der Waals surface area contributed by atoms with Gasteiger partial charge in [0, 0.05) is 39.4 Å². The minimum absolute atomic E-state index is 0.800. The van der Waals surface area contributed by atoms with Crippen LogP contribution in [0.3, 0.4) is 0 Å². The van der Waals surface area contributed by atoms with Gasteiger partial charge in [0.2, 0.25) is 0 Å². The fraction of sp³-hybridized carbons (Fsp3) is 0. The number of pyridine rings is 1. The maximum absolute atomic E-state index is 6.51. The molecule has 0 aliphatic carbocycles. The van der Waals surface area contributed by atoms with Gasteiger partial charge in [0.25, 0.3) is 0 Å². The van der Waals surface area contributed by atoms with Crippen molar-refractivity contribution in [3.05, 3.63) is 182 Å². The van der Waals surface area contributed by atoms with Gasteiger partial charge in [-0.3, -0.25) is 4.98 Å². The van der Waals surface area contributed by atoms with E-state index in [1.54, 1.807) is 6.20 Å². The van der Waals surface area contributed by atoms with Gasteiger partial charge < -0.3 is 9.32 Å². The monoisotopic (exact) mass is 638 g/mol. The first-order chi connectivity index (χ1) is 24.8. The molecule has 0 saturated carbocycles. The Labute approximate surface area is 289 Å². The molecule has 0 atom stereocenters. The van der Waals surface area contributed by atoms with Crippen LogP contribution in [-0.2, 0) is 0 Å². The van der Waals surface area contributed by atoms with Crippen LogP contribution in [0.15, 0.2) is 187 Å². The molecule has 0 bridgehead atoms. The van der Waals surface area contributed by atoms with Crippen molar-refractivity contribution in [1.82, 2.24) is 4.98 Å². The Morgan fingerprint density at radius 2 is 1.06 bits per heavy atom. The maximum Gasteiger partial charge on any atom is 0.153 e. The molecule has 0 N–H and O–H groups in total. The van der Waals surface area contributed by atoms with E-state index < -0.39 is 0 Å². The lowest BCUT2D eigenvalue weighted by Gasteiger charge is -2.27. The molecule has 0 saturated heterocycles. The van der Waals surface area contributed by atoms with Crippen LogP contribution in [0.4, 0.5) is 17.1 Å². The fourth-order valence-electron chi connectivity index (χ4n) is 7.43. The molecule has 3 heteroatoms. The molecule has 10 aromatic rings. The average Bonchev–Trinajstić information content (AvgIpc) is 3.57. The van der Waals surface area contributed by atoms with Crippen molar-refractivity contribution in [2.45, 2.75) is 0 Å². The summed E-state index contributed by atoms with van der Waals surface area (Å²) in [5.74, 6) is 0. The predicted octanol–water partition coefficient (Wildman–Crippen LogP) is 13.2. The number of anilines is 3. The second-order valence-electron chi connectivity index (χ2n) is 12.8. The normalized spacial score (nSPS) is 11.6. The molecule has 3 nitrogen and oxygen atoms in total. The van der Waals surface area contributed by atoms with Gasteiger partial charge in [-0.15, -0.1) is 0 Å². The molecule has 50 heavy (non-hydrogen) atoms. The van der Waals surface area contributed by atoms with Crippen LogP contribution in [0.5, 0.6) is 0 Å². The highest BCUT2D eigenvalue weighted by molar-refractivity contribution is 6.23. The molecule has 0 aliphatic rings. The molecule has 2 aromatic heterocycles. The molecule has 8 aromatic carbocycles. The summed E-state index contributed by atoms with van der Waals surface area (Å²) in [7, 11) is 0. The number of benzene rings is 8. The summed E-state index contributed by atoms with van der Waals surface area (Å²) < 4.78 is 6.51. The van der Waals surface area contributed by atoms with Gasteiger partial charge in [0.05, 0.1) is 6.20 Å². The van der Waals surface area contributed by atoms with Crippen LogP contribution in [-0.4, -0.2) is 4.98 Å². The lowest BCUT2D eigenvalue weighted by Crippen LogP contribution is -2.10. The summed E-state index contributed by atoms with van der Waals surface area (Å²) in [5, 5.41) is 9.24. The van der Waals surface area contributed by atoms with Crippen molar-refractivity contribution >= 4 is 71.3 Å². The van der Waals surface area contributed by atoms with Crippen LogP contribution in [0, 0.1) is 0 Å². The van der Waals surface area contributed by atoms with Gasteiger partial charge in [-0.1, -0.05) is 115 Å². The zero-order chi connectivity index (χ0) is 33.0. The minimum atomic E-state index is 0.800. The molecule has 10 rings (SSSR count). The quantitative estimate of drug-likeness (QED) is 0.176. The zero-order valence-corrected chi connectivity index (χ0v) is 27.1. The number of rotatable bonds is 5.